The highest BCUT2D eigenvalue weighted by atomic mass is 16.1. The van der Waals surface area contributed by atoms with Crippen LogP contribution in [-0.4, -0.2) is 11.3 Å². The molecule has 3 heteroatoms. The Labute approximate surface area is 71.6 Å². The van der Waals surface area contributed by atoms with Gasteiger partial charge < -0.3 is 10.5 Å². The lowest BCUT2D eigenvalue weighted by Gasteiger charge is -2.05. The van der Waals surface area contributed by atoms with E-state index in [1.54, 1.807) is 6.20 Å². The predicted octanol–water partition coefficient (Wildman–Crippen LogP) is 1.10. The molecule has 1 aromatic heterocycles. The third-order valence-electron chi connectivity index (χ3n) is 1.84. The van der Waals surface area contributed by atoms with Crippen molar-refractivity contribution < 1.29 is 4.79 Å². The van der Waals surface area contributed by atoms with Crippen molar-refractivity contribution in [3.8, 4) is 0 Å². The molecule has 0 unspecified atom stereocenters. The largest absolute Gasteiger partial charge is 0.383 e. The van der Waals surface area contributed by atoms with Gasteiger partial charge in [0, 0.05) is 12.6 Å². The molecule has 1 aromatic rings. The van der Waals surface area contributed by atoms with Gasteiger partial charge in [-0.25, -0.2) is 4.98 Å². The van der Waals surface area contributed by atoms with Gasteiger partial charge in [0.25, 0.3) is 0 Å². The van der Waals surface area contributed by atoms with Gasteiger partial charge in [0.2, 0.25) is 0 Å². The Balaban J connectivity index is 2.88. The number of hydrogen-bond acceptors (Lipinski definition) is 3. The van der Waals surface area contributed by atoms with Crippen molar-refractivity contribution >= 4 is 12.1 Å². The zero-order valence-corrected chi connectivity index (χ0v) is 7.08. The molecule has 1 rings (SSSR count). The second-order valence-electron chi connectivity index (χ2n) is 2.70. The van der Waals surface area contributed by atoms with Crippen LogP contribution in [0.1, 0.15) is 17.5 Å². The van der Waals surface area contributed by atoms with Crippen LogP contribution in [0.2, 0.25) is 0 Å². The van der Waals surface area contributed by atoms with E-state index in [9.17, 15) is 4.79 Å². The van der Waals surface area contributed by atoms with Gasteiger partial charge in [-0.05, 0) is 30.5 Å². The van der Waals surface area contributed by atoms with Crippen LogP contribution in [0, 0.1) is 6.92 Å². The molecule has 0 radical (unpaired) electrons. The van der Waals surface area contributed by atoms with E-state index < -0.39 is 0 Å². The molecule has 64 valence electrons. The lowest BCUT2D eigenvalue weighted by Crippen LogP contribution is -2.00. The molecule has 2 N–H and O–H groups in total. The molecule has 3 nitrogen and oxygen atoms in total. The van der Waals surface area contributed by atoms with Gasteiger partial charge in [0.05, 0.1) is 0 Å². The summed E-state index contributed by atoms with van der Waals surface area (Å²) in [4.78, 5) is 14.1. The van der Waals surface area contributed by atoms with Gasteiger partial charge in [-0.15, -0.1) is 0 Å². The fourth-order valence-corrected chi connectivity index (χ4v) is 1.14. The standard InChI is InChI=1S/C9H12N2O/c1-7-4-5-11-9(10)8(7)3-2-6-12/h4-6H,2-3H2,1H3,(H2,10,11). The molecule has 0 saturated carbocycles. The first-order valence-corrected chi connectivity index (χ1v) is 3.89. The minimum Gasteiger partial charge on any atom is -0.383 e. The average Bonchev–Trinajstić information content (AvgIpc) is 2.04. The SMILES string of the molecule is Cc1ccnc(N)c1CCC=O. The van der Waals surface area contributed by atoms with Crippen LogP contribution in [0.25, 0.3) is 0 Å². The van der Waals surface area contributed by atoms with E-state index in [0.29, 0.717) is 18.7 Å². The number of anilines is 1. The van der Waals surface area contributed by atoms with Gasteiger partial charge in [-0.3, -0.25) is 0 Å². The van der Waals surface area contributed by atoms with Crippen LogP contribution >= 0.6 is 0 Å². The molecule has 12 heavy (non-hydrogen) atoms. The van der Waals surface area contributed by atoms with E-state index in [2.05, 4.69) is 4.98 Å². The maximum absolute atomic E-state index is 10.1. The van der Waals surface area contributed by atoms with E-state index in [1.165, 1.54) is 0 Å². The normalized spacial score (nSPS) is 9.75. The van der Waals surface area contributed by atoms with Crippen LogP contribution in [0.15, 0.2) is 12.3 Å². The molecule has 0 bridgehead atoms. The van der Waals surface area contributed by atoms with Crippen molar-refractivity contribution in [1.82, 2.24) is 4.98 Å². The number of rotatable bonds is 3. The highest BCUT2D eigenvalue weighted by Gasteiger charge is 2.02. The molecule has 0 aliphatic heterocycles. The second kappa shape index (κ2) is 3.85. The van der Waals surface area contributed by atoms with E-state index in [1.807, 2.05) is 13.0 Å². The fourth-order valence-electron chi connectivity index (χ4n) is 1.14. The molecule has 0 saturated heterocycles. The lowest BCUT2D eigenvalue weighted by atomic mass is 10.1. The summed E-state index contributed by atoms with van der Waals surface area (Å²) in [6.45, 7) is 1.97. The summed E-state index contributed by atoms with van der Waals surface area (Å²) in [6.07, 6.45) is 3.77. The van der Waals surface area contributed by atoms with Crippen molar-refractivity contribution in [2.75, 3.05) is 5.73 Å². The summed E-state index contributed by atoms with van der Waals surface area (Å²) in [7, 11) is 0. The van der Waals surface area contributed by atoms with Crippen LogP contribution in [0.3, 0.4) is 0 Å². The molecule has 0 atom stereocenters. The van der Waals surface area contributed by atoms with Crippen molar-refractivity contribution in [3.63, 3.8) is 0 Å². The summed E-state index contributed by atoms with van der Waals surface area (Å²) in [5.41, 5.74) is 7.73. The third-order valence-corrected chi connectivity index (χ3v) is 1.84. The predicted molar refractivity (Wildman–Crippen MR) is 47.8 cm³/mol. The zero-order chi connectivity index (χ0) is 8.97. The van der Waals surface area contributed by atoms with Crippen LogP contribution < -0.4 is 5.73 Å². The quantitative estimate of drug-likeness (QED) is 0.681. The Kier molecular flexibility index (Phi) is 2.80. The van der Waals surface area contributed by atoms with Gasteiger partial charge in [-0.2, -0.15) is 0 Å². The highest BCUT2D eigenvalue weighted by molar-refractivity contribution is 5.52. The van der Waals surface area contributed by atoms with Crippen LogP contribution in [0.5, 0.6) is 0 Å². The minimum atomic E-state index is 0.511. The van der Waals surface area contributed by atoms with E-state index in [0.717, 1.165) is 17.4 Å². The van der Waals surface area contributed by atoms with Crippen LogP contribution in [0.4, 0.5) is 5.82 Å². The monoisotopic (exact) mass is 164 g/mol. The van der Waals surface area contributed by atoms with Crippen LogP contribution in [-0.2, 0) is 11.2 Å². The first-order valence-electron chi connectivity index (χ1n) is 3.89. The number of carbonyl (C=O) groups is 1. The maximum atomic E-state index is 10.1. The molecule has 0 spiro atoms. The van der Waals surface area contributed by atoms with Gasteiger partial charge >= 0.3 is 0 Å². The number of aryl methyl sites for hydroxylation is 1. The smallest absolute Gasteiger partial charge is 0.126 e. The molecule has 1 heterocycles. The number of nitrogens with two attached hydrogens (primary N) is 1. The molecule has 0 fully saturated rings. The number of aromatic nitrogens is 1. The zero-order valence-electron chi connectivity index (χ0n) is 7.08. The van der Waals surface area contributed by atoms with E-state index in [-0.39, 0.29) is 0 Å². The van der Waals surface area contributed by atoms with Gasteiger partial charge in [-0.1, -0.05) is 0 Å². The van der Waals surface area contributed by atoms with Gasteiger partial charge in [0.15, 0.2) is 0 Å². The molecule has 0 aliphatic carbocycles. The number of hydrogen-bond donors (Lipinski definition) is 1. The first-order chi connectivity index (χ1) is 5.75. The number of aldehydes is 1. The molecule has 0 aliphatic rings. The number of carbonyl (C=O) groups excluding carboxylic acids is 1. The van der Waals surface area contributed by atoms with E-state index >= 15 is 0 Å². The van der Waals surface area contributed by atoms with Crippen molar-refractivity contribution in [3.05, 3.63) is 23.4 Å². The molecular formula is C9H12N2O. The minimum absolute atomic E-state index is 0.511. The fraction of sp³-hybridized carbons (Fsp3) is 0.333. The summed E-state index contributed by atoms with van der Waals surface area (Å²) in [5, 5.41) is 0. The summed E-state index contributed by atoms with van der Waals surface area (Å²) in [5.74, 6) is 0.539. The van der Waals surface area contributed by atoms with Crippen molar-refractivity contribution in [2.45, 2.75) is 19.8 Å². The first kappa shape index (κ1) is 8.71. The number of nitrogen functional groups attached to an aromatic ring is 1. The Bertz CT molecular complexity index is 264. The average molecular weight is 164 g/mol. The summed E-state index contributed by atoms with van der Waals surface area (Å²) >= 11 is 0. The second-order valence-corrected chi connectivity index (χ2v) is 2.70. The Hall–Kier alpha value is -1.38. The Morgan fingerprint density at radius 2 is 2.42 bits per heavy atom. The van der Waals surface area contributed by atoms with Crippen molar-refractivity contribution in [2.24, 2.45) is 0 Å². The lowest BCUT2D eigenvalue weighted by molar-refractivity contribution is -0.107. The summed E-state index contributed by atoms with van der Waals surface area (Å²) in [6, 6.07) is 1.90. The number of nitrogens with zero attached hydrogens (tertiary/aromatic N) is 1. The maximum Gasteiger partial charge on any atom is 0.126 e. The molecule has 0 aromatic carbocycles. The van der Waals surface area contributed by atoms with Gasteiger partial charge in [0.1, 0.15) is 12.1 Å². The summed E-state index contributed by atoms with van der Waals surface area (Å²) < 4.78 is 0. The van der Waals surface area contributed by atoms with Crippen molar-refractivity contribution in [1.29, 1.82) is 0 Å². The van der Waals surface area contributed by atoms with E-state index in [4.69, 9.17) is 5.73 Å². The third kappa shape index (κ3) is 1.81. The number of pyridine rings is 1. The Morgan fingerprint density at radius 1 is 1.67 bits per heavy atom. The topological polar surface area (TPSA) is 56.0 Å². The Morgan fingerprint density at radius 3 is 3.00 bits per heavy atom. The molecular weight excluding hydrogens is 152 g/mol. The molecule has 0 amide bonds. The highest BCUT2D eigenvalue weighted by Crippen LogP contribution is 2.14.